The fourth-order valence-electron chi connectivity index (χ4n) is 1.25. The molecule has 0 aliphatic rings. The van der Waals surface area contributed by atoms with Gasteiger partial charge in [-0.15, -0.1) is 0 Å². The van der Waals surface area contributed by atoms with Crippen LogP contribution in [-0.4, -0.2) is 35.7 Å². The Labute approximate surface area is 120 Å². The van der Waals surface area contributed by atoms with Crippen molar-refractivity contribution in [2.45, 2.75) is 25.9 Å². The van der Waals surface area contributed by atoms with Gasteiger partial charge in [0.25, 0.3) is 6.43 Å². The zero-order chi connectivity index (χ0) is 14.4. The highest BCUT2D eigenvalue weighted by Crippen LogP contribution is 2.29. The number of hydrogen-bond donors (Lipinski definition) is 3. The molecule has 1 unspecified atom stereocenters. The number of alkyl halides is 2. The molecule has 1 heterocycles. The maximum absolute atomic E-state index is 12.2. The van der Waals surface area contributed by atoms with Crippen molar-refractivity contribution in [1.82, 2.24) is 4.98 Å². The first-order valence-corrected chi connectivity index (χ1v) is 6.51. The number of nitrogens with zero attached hydrogens (tertiary/aromatic N) is 1. The molecule has 0 aliphatic heterocycles. The number of halogens is 4. The van der Waals surface area contributed by atoms with E-state index in [0.717, 1.165) is 6.42 Å². The van der Waals surface area contributed by atoms with E-state index in [0.29, 0.717) is 17.4 Å². The highest BCUT2D eigenvalue weighted by molar-refractivity contribution is 6.37. The van der Waals surface area contributed by atoms with Crippen LogP contribution in [-0.2, 0) is 0 Å². The molecule has 3 N–H and O–H groups in total. The van der Waals surface area contributed by atoms with Gasteiger partial charge in [-0.2, -0.15) is 0 Å². The minimum atomic E-state index is -2.82. The lowest BCUT2D eigenvalue weighted by atomic mass is 10.3. The van der Waals surface area contributed by atoms with Crippen LogP contribution in [0.15, 0.2) is 6.07 Å². The van der Waals surface area contributed by atoms with Gasteiger partial charge in [0.1, 0.15) is 17.7 Å². The quantitative estimate of drug-likeness (QED) is 0.723. The van der Waals surface area contributed by atoms with E-state index < -0.39 is 12.5 Å². The number of nitrogens with one attached hydrogen (secondary N) is 2. The second kappa shape index (κ2) is 7.67. The minimum Gasteiger partial charge on any atom is -0.385 e. The summed E-state index contributed by atoms with van der Waals surface area (Å²) in [5, 5.41) is 15.1. The summed E-state index contributed by atoms with van der Waals surface area (Å²) in [6, 6.07) is 1.46. The molecule has 0 amide bonds. The third kappa shape index (κ3) is 4.97. The largest absolute Gasteiger partial charge is 0.385 e. The number of pyridine rings is 1. The molecule has 0 spiro atoms. The van der Waals surface area contributed by atoms with E-state index >= 15 is 0 Å². The minimum absolute atomic E-state index is 0.198. The first-order valence-electron chi connectivity index (χ1n) is 5.75. The maximum atomic E-state index is 12.2. The monoisotopic (exact) mass is 313 g/mol. The van der Waals surface area contributed by atoms with Gasteiger partial charge in [-0.1, -0.05) is 30.1 Å². The zero-order valence-corrected chi connectivity index (χ0v) is 11.8. The third-order valence-corrected chi connectivity index (χ3v) is 2.82. The molecule has 4 nitrogen and oxygen atoms in total. The highest BCUT2D eigenvalue weighted by atomic mass is 35.5. The van der Waals surface area contributed by atoms with Gasteiger partial charge in [0.15, 0.2) is 0 Å². The molecule has 0 radical (unpaired) electrons. The first kappa shape index (κ1) is 16.2. The van der Waals surface area contributed by atoms with Crippen LogP contribution in [0.25, 0.3) is 0 Å². The molecule has 0 saturated heterocycles. The van der Waals surface area contributed by atoms with E-state index in [-0.39, 0.29) is 17.4 Å². The fraction of sp³-hybridized carbons (Fsp3) is 0.545. The summed E-state index contributed by atoms with van der Waals surface area (Å²) >= 11 is 11.8. The van der Waals surface area contributed by atoms with Crippen molar-refractivity contribution in [1.29, 1.82) is 0 Å². The van der Waals surface area contributed by atoms with Crippen molar-refractivity contribution in [3.63, 3.8) is 0 Å². The predicted octanol–water partition coefficient (Wildman–Crippen LogP) is 3.25. The Hall–Kier alpha value is -0.850. The van der Waals surface area contributed by atoms with Gasteiger partial charge in [-0.3, -0.25) is 0 Å². The molecular formula is C11H15Cl2F2N3O. The second-order valence-electron chi connectivity index (χ2n) is 3.86. The lowest BCUT2D eigenvalue weighted by Gasteiger charge is -2.14. The predicted molar refractivity (Wildman–Crippen MR) is 73.5 cm³/mol. The van der Waals surface area contributed by atoms with E-state index in [2.05, 4.69) is 15.6 Å². The van der Waals surface area contributed by atoms with E-state index in [9.17, 15) is 8.78 Å². The summed E-state index contributed by atoms with van der Waals surface area (Å²) in [7, 11) is 0. The normalized spacial score (nSPS) is 12.6. The van der Waals surface area contributed by atoms with Gasteiger partial charge in [0.05, 0.1) is 10.0 Å². The summed E-state index contributed by atoms with van der Waals surface area (Å²) in [4.78, 5) is 4.10. The van der Waals surface area contributed by atoms with E-state index in [1.54, 1.807) is 0 Å². The Morgan fingerprint density at radius 3 is 2.37 bits per heavy atom. The van der Waals surface area contributed by atoms with Crippen LogP contribution in [0.3, 0.4) is 0 Å². The Bertz CT molecular complexity index is 421. The number of rotatable bonds is 7. The number of aliphatic hydroxyl groups is 1. The topological polar surface area (TPSA) is 57.2 Å². The van der Waals surface area contributed by atoms with Crippen LogP contribution in [0.4, 0.5) is 20.4 Å². The van der Waals surface area contributed by atoms with Crippen LogP contribution in [0.1, 0.15) is 13.3 Å². The molecule has 0 aromatic carbocycles. The van der Waals surface area contributed by atoms with Crippen molar-refractivity contribution in [3.8, 4) is 0 Å². The summed E-state index contributed by atoms with van der Waals surface area (Å²) < 4.78 is 24.3. The molecule has 1 atom stereocenters. The van der Waals surface area contributed by atoms with E-state index in [1.807, 2.05) is 6.92 Å². The maximum Gasteiger partial charge on any atom is 0.265 e. The average molecular weight is 314 g/mol. The lowest BCUT2D eigenvalue weighted by molar-refractivity contribution is 0.00381. The van der Waals surface area contributed by atoms with Crippen LogP contribution in [0.2, 0.25) is 10.0 Å². The molecule has 19 heavy (non-hydrogen) atoms. The van der Waals surface area contributed by atoms with Crippen LogP contribution in [0, 0.1) is 0 Å². The second-order valence-corrected chi connectivity index (χ2v) is 4.67. The van der Waals surface area contributed by atoms with Gasteiger partial charge in [0, 0.05) is 13.1 Å². The molecule has 0 aliphatic carbocycles. The Balaban J connectivity index is 2.76. The standard InChI is InChI=1S/C11H15Cl2F2N3O/c1-2-3-16-10-6(12)4-7(13)11(18-10)17-5-8(19)9(14)15/h4,8-9,19H,2-3,5H2,1H3,(H2,16,17,18). The molecule has 1 aromatic heterocycles. The van der Waals surface area contributed by atoms with Crippen molar-refractivity contribution in [2.75, 3.05) is 23.7 Å². The Morgan fingerprint density at radius 2 is 1.84 bits per heavy atom. The smallest absolute Gasteiger partial charge is 0.265 e. The molecule has 0 fully saturated rings. The first-order chi connectivity index (χ1) is 8.95. The molecular weight excluding hydrogens is 299 g/mol. The number of hydrogen-bond acceptors (Lipinski definition) is 4. The number of anilines is 2. The van der Waals surface area contributed by atoms with Crippen molar-refractivity contribution < 1.29 is 13.9 Å². The SMILES string of the molecule is CCCNc1nc(NCC(O)C(F)F)c(Cl)cc1Cl. The third-order valence-electron chi connectivity index (χ3n) is 2.24. The van der Waals surface area contributed by atoms with Crippen LogP contribution in [0.5, 0.6) is 0 Å². The number of aliphatic hydroxyl groups excluding tert-OH is 1. The van der Waals surface area contributed by atoms with Crippen LogP contribution >= 0.6 is 23.2 Å². The van der Waals surface area contributed by atoms with Gasteiger partial charge in [0.2, 0.25) is 0 Å². The number of aromatic nitrogens is 1. The fourth-order valence-corrected chi connectivity index (χ4v) is 1.74. The molecule has 1 rings (SSSR count). The van der Waals surface area contributed by atoms with E-state index in [4.69, 9.17) is 28.3 Å². The van der Waals surface area contributed by atoms with Crippen molar-refractivity contribution in [2.24, 2.45) is 0 Å². The van der Waals surface area contributed by atoms with Crippen LogP contribution < -0.4 is 10.6 Å². The molecule has 108 valence electrons. The van der Waals surface area contributed by atoms with Gasteiger partial charge in [-0.25, -0.2) is 13.8 Å². The van der Waals surface area contributed by atoms with Gasteiger partial charge >= 0.3 is 0 Å². The molecule has 0 saturated carbocycles. The van der Waals surface area contributed by atoms with Crippen molar-refractivity contribution in [3.05, 3.63) is 16.1 Å². The zero-order valence-electron chi connectivity index (χ0n) is 10.3. The lowest BCUT2D eigenvalue weighted by Crippen LogP contribution is -2.27. The molecule has 0 bridgehead atoms. The Kier molecular flexibility index (Phi) is 6.54. The van der Waals surface area contributed by atoms with Gasteiger partial charge < -0.3 is 15.7 Å². The highest BCUT2D eigenvalue weighted by Gasteiger charge is 2.17. The average Bonchev–Trinajstić information content (AvgIpc) is 2.36. The molecule has 8 heteroatoms. The Morgan fingerprint density at radius 1 is 1.26 bits per heavy atom. The summed E-state index contributed by atoms with van der Waals surface area (Å²) in [5.74, 6) is 0.617. The van der Waals surface area contributed by atoms with E-state index in [1.165, 1.54) is 6.07 Å². The summed E-state index contributed by atoms with van der Waals surface area (Å²) in [6.45, 7) is 2.31. The van der Waals surface area contributed by atoms with Gasteiger partial charge in [-0.05, 0) is 12.5 Å². The van der Waals surface area contributed by atoms with Crippen molar-refractivity contribution >= 4 is 34.8 Å². The summed E-state index contributed by atoms with van der Waals surface area (Å²) in [6.07, 6.45) is -3.72. The summed E-state index contributed by atoms with van der Waals surface area (Å²) in [5.41, 5.74) is 0. The molecule has 1 aromatic rings.